The Morgan fingerprint density at radius 1 is 1.31 bits per heavy atom. The van der Waals surface area contributed by atoms with Crippen molar-refractivity contribution in [2.24, 2.45) is 4.99 Å². The molecule has 3 aromatic rings. The first kappa shape index (κ1) is 26.0. The Labute approximate surface area is 227 Å². The molecule has 3 aromatic heterocycles. The van der Waals surface area contributed by atoms with Gasteiger partial charge in [-0.15, -0.1) is 0 Å². The van der Waals surface area contributed by atoms with E-state index in [1.807, 2.05) is 43.1 Å². The third kappa shape index (κ3) is 4.95. The van der Waals surface area contributed by atoms with Crippen molar-refractivity contribution in [3.8, 4) is 22.9 Å². The van der Waals surface area contributed by atoms with E-state index >= 15 is 0 Å². The highest BCUT2D eigenvalue weighted by molar-refractivity contribution is 6.13. The molecule has 39 heavy (non-hydrogen) atoms. The van der Waals surface area contributed by atoms with Crippen LogP contribution in [0.2, 0.25) is 0 Å². The minimum absolute atomic E-state index is 0.0155. The summed E-state index contributed by atoms with van der Waals surface area (Å²) in [5.41, 5.74) is 3.38. The van der Waals surface area contributed by atoms with Gasteiger partial charge in [-0.1, -0.05) is 6.08 Å². The van der Waals surface area contributed by atoms with Crippen LogP contribution in [0.1, 0.15) is 32.3 Å². The number of hydrogen-bond acceptors (Lipinski definition) is 8. The van der Waals surface area contributed by atoms with Gasteiger partial charge in [0.25, 0.3) is 5.91 Å². The molecule has 5 rings (SSSR count). The van der Waals surface area contributed by atoms with Crippen molar-refractivity contribution in [1.29, 1.82) is 5.26 Å². The summed E-state index contributed by atoms with van der Waals surface area (Å²) in [7, 11) is 1.50. The summed E-state index contributed by atoms with van der Waals surface area (Å²) in [5.74, 6) is 1.81. The van der Waals surface area contributed by atoms with Crippen LogP contribution in [0, 0.1) is 11.3 Å². The number of aliphatic imine (C=N–C) groups is 1. The molecule has 0 bridgehead atoms. The largest absolute Gasteiger partial charge is 0.492 e. The number of nitriles is 1. The maximum Gasteiger partial charge on any atom is 0.255 e. The van der Waals surface area contributed by atoms with Crippen molar-refractivity contribution >= 4 is 23.5 Å². The summed E-state index contributed by atoms with van der Waals surface area (Å²) >= 11 is 0. The Kier molecular flexibility index (Phi) is 7.07. The highest BCUT2D eigenvalue weighted by atomic mass is 16.5. The predicted molar refractivity (Wildman–Crippen MR) is 149 cm³/mol. The Morgan fingerprint density at radius 3 is 2.74 bits per heavy atom. The SMILES string of the molecule is C=C(N=C/C(=C\C)C(=O)N1CC12CCN(c1ccc(-c3cc(OCC)cn4ncc(C#N)c34)cn1)CC2)OC. The van der Waals surface area contributed by atoms with Crippen LogP contribution in [-0.2, 0) is 9.53 Å². The number of allylic oxidation sites excluding steroid dienone is 1. The highest BCUT2D eigenvalue weighted by Crippen LogP contribution is 2.43. The summed E-state index contributed by atoms with van der Waals surface area (Å²) in [6.45, 7) is 10.3. The number of carbonyl (C=O) groups excluding carboxylic acids is 1. The van der Waals surface area contributed by atoms with E-state index in [0.717, 1.165) is 54.9 Å². The third-order valence-electron chi connectivity index (χ3n) is 7.40. The Morgan fingerprint density at radius 2 is 2.10 bits per heavy atom. The maximum absolute atomic E-state index is 13.1. The smallest absolute Gasteiger partial charge is 0.255 e. The number of piperidine rings is 1. The second-order valence-corrected chi connectivity index (χ2v) is 9.59. The van der Waals surface area contributed by atoms with Crippen molar-refractivity contribution < 1.29 is 14.3 Å². The van der Waals surface area contributed by atoms with Gasteiger partial charge in [-0.2, -0.15) is 10.4 Å². The van der Waals surface area contributed by atoms with Gasteiger partial charge in [0.15, 0.2) is 0 Å². The van der Waals surface area contributed by atoms with E-state index in [2.05, 4.69) is 27.6 Å². The monoisotopic (exact) mass is 525 g/mol. The fourth-order valence-electron chi connectivity index (χ4n) is 5.11. The Hall–Kier alpha value is -4.65. The van der Waals surface area contributed by atoms with Crippen LogP contribution in [0.5, 0.6) is 5.75 Å². The molecule has 2 fully saturated rings. The maximum atomic E-state index is 13.1. The molecular formula is C29H31N7O3. The van der Waals surface area contributed by atoms with Gasteiger partial charge in [-0.25, -0.2) is 14.5 Å². The molecule has 0 aliphatic carbocycles. The van der Waals surface area contributed by atoms with Crippen LogP contribution in [0.4, 0.5) is 5.82 Å². The highest BCUT2D eigenvalue weighted by Gasteiger charge is 2.56. The number of ether oxygens (including phenoxy) is 2. The van der Waals surface area contributed by atoms with E-state index in [4.69, 9.17) is 14.5 Å². The van der Waals surface area contributed by atoms with E-state index in [1.54, 1.807) is 23.0 Å². The zero-order valence-corrected chi connectivity index (χ0v) is 22.4. The van der Waals surface area contributed by atoms with Gasteiger partial charge in [0.05, 0.1) is 48.3 Å². The normalized spacial score (nSPS) is 16.5. The zero-order chi connectivity index (χ0) is 27.6. The Balaban J connectivity index is 1.28. The van der Waals surface area contributed by atoms with Crippen LogP contribution < -0.4 is 9.64 Å². The lowest BCUT2D eigenvalue weighted by molar-refractivity contribution is -0.122. The van der Waals surface area contributed by atoms with E-state index in [1.165, 1.54) is 13.3 Å². The number of fused-ring (bicyclic) bond motifs is 1. The summed E-state index contributed by atoms with van der Waals surface area (Å²) in [6.07, 6.45) is 10.2. The van der Waals surface area contributed by atoms with Gasteiger partial charge in [0.1, 0.15) is 17.6 Å². The molecule has 1 spiro atoms. The Bertz CT molecular complexity index is 1510. The van der Waals surface area contributed by atoms with Crippen molar-refractivity contribution in [3.05, 3.63) is 66.5 Å². The fourth-order valence-corrected chi connectivity index (χ4v) is 5.11. The number of nitrogens with zero attached hydrogens (tertiary/aromatic N) is 7. The first-order valence-electron chi connectivity index (χ1n) is 12.9. The van der Waals surface area contributed by atoms with Crippen LogP contribution in [0.15, 0.2) is 65.9 Å². The number of aromatic nitrogens is 3. The number of anilines is 1. The fraction of sp³-hybridized carbons (Fsp3) is 0.345. The summed E-state index contributed by atoms with van der Waals surface area (Å²) in [5, 5.41) is 13.9. The number of pyridine rings is 2. The topological polar surface area (TPSA) is 108 Å². The molecule has 200 valence electrons. The van der Waals surface area contributed by atoms with Gasteiger partial charge in [0, 0.05) is 43.2 Å². The molecule has 2 aliphatic heterocycles. The van der Waals surface area contributed by atoms with Crippen LogP contribution in [0.3, 0.4) is 0 Å². The molecule has 1 amide bonds. The summed E-state index contributed by atoms with van der Waals surface area (Å²) in [4.78, 5) is 26.1. The van der Waals surface area contributed by atoms with E-state index in [-0.39, 0.29) is 17.3 Å². The quantitative estimate of drug-likeness (QED) is 0.189. The third-order valence-corrected chi connectivity index (χ3v) is 7.40. The average Bonchev–Trinajstić information content (AvgIpc) is 3.50. The molecule has 2 saturated heterocycles. The molecule has 0 radical (unpaired) electrons. The van der Waals surface area contributed by atoms with Crippen LogP contribution >= 0.6 is 0 Å². The molecule has 0 aromatic carbocycles. The molecule has 0 atom stereocenters. The number of amides is 1. The first-order chi connectivity index (χ1) is 18.9. The van der Waals surface area contributed by atoms with Crippen LogP contribution in [0.25, 0.3) is 16.6 Å². The lowest BCUT2D eigenvalue weighted by atomic mass is 9.96. The van der Waals surface area contributed by atoms with Crippen molar-refractivity contribution in [1.82, 2.24) is 19.5 Å². The van der Waals surface area contributed by atoms with Crippen molar-refractivity contribution in [3.63, 3.8) is 0 Å². The number of hydrogen-bond donors (Lipinski definition) is 0. The number of carbonyl (C=O) groups is 1. The minimum atomic E-state index is -0.102. The molecule has 2 aliphatic rings. The molecule has 10 heteroatoms. The number of methoxy groups -OCH3 is 1. The minimum Gasteiger partial charge on any atom is -0.492 e. The molecule has 10 nitrogen and oxygen atoms in total. The predicted octanol–water partition coefficient (Wildman–Crippen LogP) is 3.98. The zero-order valence-electron chi connectivity index (χ0n) is 22.4. The van der Waals surface area contributed by atoms with Gasteiger partial charge in [-0.05, 0) is 51.5 Å². The van der Waals surface area contributed by atoms with Gasteiger partial charge < -0.3 is 19.3 Å². The lowest BCUT2D eigenvalue weighted by Gasteiger charge is -2.33. The van der Waals surface area contributed by atoms with E-state index in [0.29, 0.717) is 23.5 Å². The van der Waals surface area contributed by atoms with Crippen molar-refractivity contribution in [2.75, 3.05) is 38.3 Å². The molecule has 5 heterocycles. The van der Waals surface area contributed by atoms with Gasteiger partial charge in [-0.3, -0.25) is 4.79 Å². The van der Waals surface area contributed by atoms with Gasteiger partial charge >= 0.3 is 0 Å². The molecule has 0 N–H and O–H groups in total. The lowest BCUT2D eigenvalue weighted by Crippen LogP contribution is -2.41. The van der Waals surface area contributed by atoms with Gasteiger partial charge in [0.2, 0.25) is 5.88 Å². The van der Waals surface area contributed by atoms with Crippen molar-refractivity contribution in [2.45, 2.75) is 32.2 Å². The second-order valence-electron chi connectivity index (χ2n) is 9.59. The summed E-state index contributed by atoms with van der Waals surface area (Å²) < 4.78 is 12.4. The van der Waals surface area contributed by atoms with Crippen LogP contribution in [-0.4, -0.2) is 70.5 Å². The second kappa shape index (κ2) is 10.6. The first-order valence-corrected chi connectivity index (χ1v) is 12.9. The molecule has 0 unspecified atom stereocenters. The average molecular weight is 526 g/mol. The number of rotatable bonds is 8. The standard InChI is InChI=1S/C29H31N7O3/c1-5-21(15-31-20(3)38-4)28(37)35-19-29(35)9-11-34(12-10-29)26-8-7-22(16-32-26)25-13-24(39-6-2)18-36-27(25)23(14-30)17-33-36/h5,7-8,13,15-18H,3,6,9-12,19H2,1-2,4H3/b21-5+,31-15?. The molecule has 0 saturated carbocycles. The molecular weight excluding hydrogens is 494 g/mol. The summed E-state index contributed by atoms with van der Waals surface area (Å²) in [6, 6.07) is 8.18. The van der Waals surface area contributed by atoms with E-state index in [9.17, 15) is 10.1 Å². The van der Waals surface area contributed by atoms with E-state index < -0.39 is 0 Å².